The number of nitrogens with one attached hydrogen (secondary N) is 1. The third kappa shape index (κ3) is 5.59. The molecule has 0 unspecified atom stereocenters. The van der Waals surface area contributed by atoms with E-state index in [1.54, 1.807) is 6.92 Å². The highest BCUT2D eigenvalue weighted by Crippen LogP contribution is 2.20. The maximum absolute atomic E-state index is 11.5. The van der Waals surface area contributed by atoms with Crippen LogP contribution in [-0.2, 0) is 16.1 Å². The molecule has 0 aliphatic rings. The first-order valence-corrected chi connectivity index (χ1v) is 6.88. The van der Waals surface area contributed by atoms with Crippen molar-refractivity contribution in [3.63, 3.8) is 0 Å². The number of amides is 1. The van der Waals surface area contributed by atoms with Crippen molar-refractivity contribution < 1.29 is 14.3 Å². The van der Waals surface area contributed by atoms with E-state index in [2.05, 4.69) is 5.32 Å². The van der Waals surface area contributed by atoms with Crippen LogP contribution in [0.4, 0.5) is 0 Å². The average Bonchev–Trinajstić information content (AvgIpc) is 2.42. The summed E-state index contributed by atoms with van der Waals surface area (Å²) in [4.78, 5) is 11.5. The molecule has 0 saturated heterocycles. The topological polar surface area (TPSA) is 73.6 Å². The fourth-order valence-electron chi connectivity index (χ4n) is 1.64. The van der Waals surface area contributed by atoms with Gasteiger partial charge in [0.25, 0.3) is 0 Å². The Kier molecular flexibility index (Phi) is 7.04. The minimum atomic E-state index is -0.511. The highest BCUT2D eigenvalue weighted by atomic mass is 16.5. The van der Waals surface area contributed by atoms with Crippen LogP contribution in [0, 0.1) is 6.92 Å². The van der Waals surface area contributed by atoms with E-state index in [1.807, 2.05) is 32.0 Å². The van der Waals surface area contributed by atoms with E-state index < -0.39 is 6.04 Å². The van der Waals surface area contributed by atoms with Gasteiger partial charge < -0.3 is 20.5 Å². The molecular weight excluding hydrogens is 256 g/mol. The molecule has 0 aliphatic carbocycles. The number of carbonyl (C=O) groups is 1. The molecule has 0 aliphatic heterocycles. The molecule has 0 radical (unpaired) electrons. The molecule has 20 heavy (non-hydrogen) atoms. The van der Waals surface area contributed by atoms with Gasteiger partial charge in [-0.2, -0.15) is 0 Å². The standard InChI is InChI=1S/C15H24N2O3/c1-4-19-7-8-20-14-9-11(2)5-6-13(14)10-17-15(18)12(3)16/h5-6,9,12H,4,7-8,10,16H2,1-3H3,(H,17,18)/t12-/m1/s1. The molecule has 0 saturated carbocycles. The Morgan fingerprint density at radius 1 is 1.40 bits per heavy atom. The predicted octanol–water partition coefficient (Wildman–Crippen LogP) is 1.37. The van der Waals surface area contributed by atoms with Crippen LogP contribution in [0.5, 0.6) is 5.75 Å². The van der Waals surface area contributed by atoms with Crippen molar-refractivity contribution in [2.24, 2.45) is 5.73 Å². The van der Waals surface area contributed by atoms with E-state index in [-0.39, 0.29) is 5.91 Å². The molecule has 0 heterocycles. The molecule has 0 fully saturated rings. The van der Waals surface area contributed by atoms with Gasteiger partial charge >= 0.3 is 0 Å². The van der Waals surface area contributed by atoms with Crippen molar-refractivity contribution in [2.75, 3.05) is 19.8 Å². The molecule has 3 N–H and O–H groups in total. The fourth-order valence-corrected chi connectivity index (χ4v) is 1.64. The highest BCUT2D eigenvalue weighted by Gasteiger charge is 2.09. The minimum Gasteiger partial charge on any atom is -0.491 e. The maximum Gasteiger partial charge on any atom is 0.236 e. The molecule has 0 bridgehead atoms. The zero-order valence-corrected chi connectivity index (χ0v) is 12.4. The van der Waals surface area contributed by atoms with Crippen LogP contribution in [0.3, 0.4) is 0 Å². The first-order chi connectivity index (χ1) is 9.54. The van der Waals surface area contributed by atoms with Crippen LogP contribution < -0.4 is 15.8 Å². The van der Waals surface area contributed by atoms with E-state index >= 15 is 0 Å². The lowest BCUT2D eigenvalue weighted by Crippen LogP contribution is -2.37. The summed E-state index contributed by atoms with van der Waals surface area (Å²) in [5.41, 5.74) is 7.56. The van der Waals surface area contributed by atoms with E-state index in [4.69, 9.17) is 15.2 Å². The summed E-state index contributed by atoms with van der Waals surface area (Å²) in [7, 11) is 0. The van der Waals surface area contributed by atoms with Crippen LogP contribution >= 0.6 is 0 Å². The molecule has 1 atom stereocenters. The van der Waals surface area contributed by atoms with Crippen LogP contribution in [0.1, 0.15) is 25.0 Å². The van der Waals surface area contributed by atoms with Crippen LogP contribution in [0.15, 0.2) is 18.2 Å². The lowest BCUT2D eigenvalue weighted by Gasteiger charge is -2.14. The van der Waals surface area contributed by atoms with Crippen molar-refractivity contribution >= 4 is 5.91 Å². The number of rotatable bonds is 8. The Morgan fingerprint density at radius 3 is 2.80 bits per heavy atom. The number of aryl methyl sites for hydroxylation is 1. The molecule has 5 heteroatoms. The van der Waals surface area contributed by atoms with Gasteiger partial charge in [-0.3, -0.25) is 4.79 Å². The molecule has 1 aromatic rings. The number of hydrogen-bond acceptors (Lipinski definition) is 4. The van der Waals surface area contributed by atoms with Crippen LogP contribution in [0.25, 0.3) is 0 Å². The molecule has 112 valence electrons. The number of benzene rings is 1. The van der Waals surface area contributed by atoms with E-state index in [9.17, 15) is 4.79 Å². The smallest absolute Gasteiger partial charge is 0.236 e. The van der Waals surface area contributed by atoms with Gasteiger partial charge in [-0.25, -0.2) is 0 Å². The quantitative estimate of drug-likeness (QED) is 0.705. The van der Waals surface area contributed by atoms with Gasteiger partial charge in [0.1, 0.15) is 12.4 Å². The van der Waals surface area contributed by atoms with Gasteiger partial charge in [-0.1, -0.05) is 12.1 Å². The zero-order valence-electron chi connectivity index (χ0n) is 12.4. The van der Waals surface area contributed by atoms with E-state index in [1.165, 1.54) is 0 Å². The largest absolute Gasteiger partial charge is 0.491 e. The van der Waals surface area contributed by atoms with Crippen molar-refractivity contribution in [3.8, 4) is 5.75 Å². The SMILES string of the molecule is CCOCCOc1cc(C)ccc1CNC(=O)[C@@H](C)N. The summed E-state index contributed by atoms with van der Waals surface area (Å²) < 4.78 is 10.9. The molecule has 1 amide bonds. The highest BCUT2D eigenvalue weighted by molar-refractivity contribution is 5.80. The minimum absolute atomic E-state index is 0.175. The summed E-state index contributed by atoms with van der Waals surface area (Å²) in [6.45, 7) is 7.73. The average molecular weight is 280 g/mol. The lowest BCUT2D eigenvalue weighted by atomic mass is 10.1. The number of carbonyl (C=O) groups excluding carboxylic acids is 1. The molecule has 5 nitrogen and oxygen atoms in total. The number of hydrogen-bond donors (Lipinski definition) is 2. The zero-order chi connectivity index (χ0) is 15.0. The molecule has 0 aromatic heterocycles. The fraction of sp³-hybridized carbons (Fsp3) is 0.533. The third-order valence-electron chi connectivity index (χ3n) is 2.78. The number of nitrogens with two attached hydrogens (primary N) is 1. The lowest BCUT2D eigenvalue weighted by molar-refractivity contribution is -0.122. The Balaban J connectivity index is 2.62. The summed E-state index contributed by atoms with van der Waals surface area (Å²) in [5.74, 6) is 0.598. The summed E-state index contributed by atoms with van der Waals surface area (Å²) in [6, 6.07) is 5.39. The molecule has 1 rings (SSSR count). The van der Waals surface area contributed by atoms with E-state index in [0.29, 0.717) is 26.4 Å². The Hall–Kier alpha value is -1.59. The normalized spacial score (nSPS) is 12.0. The molecule has 1 aromatic carbocycles. The molecule has 0 spiro atoms. The predicted molar refractivity (Wildman–Crippen MR) is 78.7 cm³/mol. The van der Waals surface area contributed by atoms with E-state index in [0.717, 1.165) is 16.9 Å². The Morgan fingerprint density at radius 2 is 2.15 bits per heavy atom. The summed E-state index contributed by atoms with van der Waals surface area (Å²) >= 11 is 0. The maximum atomic E-state index is 11.5. The Bertz CT molecular complexity index is 433. The van der Waals surface area contributed by atoms with Crippen molar-refractivity contribution in [1.29, 1.82) is 0 Å². The van der Waals surface area contributed by atoms with Gasteiger partial charge in [0, 0.05) is 18.7 Å². The van der Waals surface area contributed by atoms with Crippen LogP contribution in [-0.4, -0.2) is 31.8 Å². The monoisotopic (exact) mass is 280 g/mol. The van der Waals surface area contributed by atoms with Gasteiger partial charge in [0.15, 0.2) is 0 Å². The van der Waals surface area contributed by atoms with Crippen LogP contribution in [0.2, 0.25) is 0 Å². The third-order valence-corrected chi connectivity index (χ3v) is 2.78. The second-order valence-electron chi connectivity index (χ2n) is 4.66. The van der Waals surface area contributed by atoms with Gasteiger partial charge in [0.05, 0.1) is 12.6 Å². The van der Waals surface area contributed by atoms with Crippen molar-refractivity contribution in [2.45, 2.75) is 33.4 Å². The Labute approximate surface area is 120 Å². The van der Waals surface area contributed by atoms with Gasteiger partial charge in [0.2, 0.25) is 5.91 Å². The first-order valence-electron chi connectivity index (χ1n) is 6.88. The second kappa shape index (κ2) is 8.55. The van der Waals surface area contributed by atoms with Gasteiger partial charge in [-0.05, 0) is 32.4 Å². The van der Waals surface area contributed by atoms with Crippen molar-refractivity contribution in [3.05, 3.63) is 29.3 Å². The van der Waals surface area contributed by atoms with Crippen molar-refractivity contribution in [1.82, 2.24) is 5.32 Å². The second-order valence-corrected chi connectivity index (χ2v) is 4.66. The molecular formula is C15H24N2O3. The summed E-state index contributed by atoms with van der Waals surface area (Å²) in [6.07, 6.45) is 0. The van der Waals surface area contributed by atoms with Gasteiger partial charge in [-0.15, -0.1) is 0 Å². The first kappa shape index (κ1) is 16.5. The number of ether oxygens (including phenoxy) is 2. The summed E-state index contributed by atoms with van der Waals surface area (Å²) in [5, 5.41) is 2.78.